The Hall–Kier alpha value is -3.02. The van der Waals surface area contributed by atoms with E-state index in [1.54, 1.807) is 0 Å². The molecule has 1 aliphatic rings. The summed E-state index contributed by atoms with van der Waals surface area (Å²) in [7, 11) is 0. The molecule has 0 saturated carbocycles. The van der Waals surface area contributed by atoms with Gasteiger partial charge in [-0.05, 0) is 36.4 Å². The van der Waals surface area contributed by atoms with E-state index in [0.29, 0.717) is 0 Å². The molecule has 3 rings (SSSR count). The summed E-state index contributed by atoms with van der Waals surface area (Å²) in [6.07, 6.45) is 0. The summed E-state index contributed by atoms with van der Waals surface area (Å²) in [5, 5.41) is 11.9. The second-order valence-corrected chi connectivity index (χ2v) is 4.80. The van der Waals surface area contributed by atoms with E-state index in [9.17, 15) is 4.79 Å². The summed E-state index contributed by atoms with van der Waals surface area (Å²) in [4.78, 5) is 16.1. The summed E-state index contributed by atoms with van der Waals surface area (Å²) < 4.78 is 0. The molecule has 0 unspecified atom stereocenters. The van der Waals surface area contributed by atoms with E-state index in [-0.39, 0.29) is 6.03 Å². The predicted molar refractivity (Wildman–Crippen MR) is 89.5 cm³/mol. The third-order valence-corrected chi connectivity index (χ3v) is 3.11. The summed E-state index contributed by atoms with van der Waals surface area (Å²) >= 11 is 0. The minimum atomic E-state index is -0.270. The molecule has 22 heavy (non-hydrogen) atoms. The van der Waals surface area contributed by atoms with Crippen LogP contribution in [0.5, 0.6) is 0 Å². The number of nitrogens with zero attached hydrogens (tertiary/aromatic N) is 1. The fourth-order valence-electron chi connectivity index (χ4n) is 2.07. The zero-order valence-corrected chi connectivity index (χ0v) is 12.0. The van der Waals surface area contributed by atoms with Crippen molar-refractivity contribution in [2.75, 3.05) is 29.0 Å². The molecule has 1 aliphatic heterocycles. The van der Waals surface area contributed by atoms with Crippen LogP contribution in [0.15, 0.2) is 59.6 Å². The van der Waals surface area contributed by atoms with Crippen molar-refractivity contribution in [1.29, 1.82) is 0 Å². The van der Waals surface area contributed by atoms with Crippen LogP contribution in [-0.4, -0.2) is 25.1 Å². The normalized spacial score (nSPS) is 13.0. The molecule has 0 aliphatic carbocycles. The first-order valence-electron chi connectivity index (χ1n) is 7.08. The Morgan fingerprint density at radius 3 is 2.18 bits per heavy atom. The molecule has 6 nitrogen and oxygen atoms in total. The number of urea groups is 1. The van der Waals surface area contributed by atoms with Crippen LogP contribution in [0.3, 0.4) is 0 Å². The second kappa shape index (κ2) is 6.62. The van der Waals surface area contributed by atoms with E-state index >= 15 is 0 Å². The van der Waals surface area contributed by atoms with Crippen molar-refractivity contribution < 1.29 is 4.79 Å². The lowest BCUT2D eigenvalue weighted by atomic mass is 10.3. The van der Waals surface area contributed by atoms with Crippen LogP contribution in [0, 0.1) is 0 Å². The lowest BCUT2D eigenvalue weighted by Crippen LogP contribution is -2.26. The van der Waals surface area contributed by atoms with Gasteiger partial charge in [-0.1, -0.05) is 18.2 Å². The van der Waals surface area contributed by atoms with Crippen LogP contribution < -0.4 is 21.3 Å². The number of aliphatic imine (C=N–C) groups is 1. The minimum Gasteiger partial charge on any atom is -0.354 e. The molecule has 2 amide bonds. The van der Waals surface area contributed by atoms with E-state index < -0.39 is 0 Å². The number of hydrogen-bond donors (Lipinski definition) is 4. The maximum absolute atomic E-state index is 11.9. The van der Waals surface area contributed by atoms with Crippen LogP contribution >= 0.6 is 0 Å². The molecule has 2 aromatic rings. The van der Waals surface area contributed by atoms with Crippen molar-refractivity contribution >= 4 is 29.1 Å². The number of carbonyl (C=O) groups is 1. The monoisotopic (exact) mass is 295 g/mol. The summed E-state index contributed by atoms with van der Waals surface area (Å²) in [5.74, 6) is 0.780. The molecule has 2 aromatic carbocycles. The van der Waals surface area contributed by atoms with Gasteiger partial charge in [-0.2, -0.15) is 0 Å². The lowest BCUT2D eigenvalue weighted by molar-refractivity contribution is 0.262. The highest BCUT2D eigenvalue weighted by molar-refractivity contribution is 6.00. The van der Waals surface area contributed by atoms with E-state index in [1.807, 2.05) is 54.6 Å². The van der Waals surface area contributed by atoms with Gasteiger partial charge in [0, 0.05) is 23.6 Å². The van der Waals surface area contributed by atoms with Gasteiger partial charge in [-0.25, -0.2) is 4.79 Å². The molecular weight excluding hydrogens is 278 g/mol. The number of hydrogen-bond acceptors (Lipinski definition) is 4. The molecule has 4 N–H and O–H groups in total. The Morgan fingerprint density at radius 1 is 0.909 bits per heavy atom. The average molecular weight is 295 g/mol. The number of carbonyl (C=O) groups excluding carboxylic acids is 1. The van der Waals surface area contributed by atoms with E-state index in [1.165, 1.54) is 0 Å². The van der Waals surface area contributed by atoms with Gasteiger partial charge in [0.25, 0.3) is 0 Å². The van der Waals surface area contributed by atoms with Gasteiger partial charge in [0.1, 0.15) is 0 Å². The number of amides is 2. The third-order valence-electron chi connectivity index (χ3n) is 3.11. The van der Waals surface area contributed by atoms with Crippen LogP contribution in [0.4, 0.5) is 21.9 Å². The predicted octanol–water partition coefficient (Wildman–Crippen LogP) is 2.70. The maximum atomic E-state index is 11.9. The van der Waals surface area contributed by atoms with Gasteiger partial charge in [-0.15, -0.1) is 0 Å². The molecule has 0 spiro atoms. The van der Waals surface area contributed by atoms with Crippen LogP contribution in [-0.2, 0) is 0 Å². The summed E-state index contributed by atoms with van der Waals surface area (Å²) in [5.41, 5.74) is 2.39. The van der Waals surface area contributed by atoms with Gasteiger partial charge in [-0.3, -0.25) is 4.99 Å². The topological polar surface area (TPSA) is 77.6 Å². The zero-order valence-electron chi connectivity index (χ0n) is 12.0. The number of guanidine groups is 1. The molecule has 0 saturated heterocycles. The van der Waals surface area contributed by atoms with Crippen molar-refractivity contribution in [3.05, 3.63) is 54.6 Å². The third kappa shape index (κ3) is 3.76. The largest absolute Gasteiger partial charge is 0.354 e. The van der Waals surface area contributed by atoms with E-state index in [0.717, 1.165) is 36.1 Å². The molecule has 1 heterocycles. The average Bonchev–Trinajstić information content (AvgIpc) is 3.03. The maximum Gasteiger partial charge on any atom is 0.323 e. The van der Waals surface area contributed by atoms with Crippen molar-refractivity contribution in [1.82, 2.24) is 5.32 Å². The summed E-state index contributed by atoms with van der Waals surface area (Å²) in [6.45, 7) is 1.66. The van der Waals surface area contributed by atoms with Crippen molar-refractivity contribution in [2.45, 2.75) is 0 Å². The number of anilines is 3. The number of nitrogens with one attached hydrogen (secondary N) is 4. The number of benzene rings is 2. The van der Waals surface area contributed by atoms with E-state index in [4.69, 9.17) is 0 Å². The smallest absolute Gasteiger partial charge is 0.323 e. The second-order valence-electron chi connectivity index (χ2n) is 4.80. The standard InChI is InChI=1S/C16H17N5O/c22-16(20-12-4-2-1-3-5-12)21-14-8-6-13(7-9-14)19-15-17-10-11-18-15/h1-9H,10-11H2,(H2,17,18,19)(H2,20,21,22). The van der Waals surface area contributed by atoms with E-state index in [2.05, 4.69) is 26.3 Å². The highest BCUT2D eigenvalue weighted by atomic mass is 16.2. The Bertz CT molecular complexity index is 667. The van der Waals surface area contributed by atoms with Gasteiger partial charge in [0.05, 0.1) is 6.54 Å². The first-order valence-corrected chi connectivity index (χ1v) is 7.08. The fourth-order valence-corrected chi connectivity index (χ4v) is 2.07. The van der Waals surface area contributed by atoms with Crippen molar-refractivity contribution in [3.63, 3.8) is 0 Å². The highest BCUT2D eigenvalue weighted by Gasteiger charge is 2.05. The molecule has 112 valence electrons. The van der Waals surface area contributed by atoms with Crippen molar-refractivity contribution in [3.8, 4) is 0 Å². The van der Waals surface area contributed by atoms with Crippen LogP contribution in [0.25, 0.3) is 0 Å². The first kappa shape index (κ1) is 13.9. The molecule has 0 bridgehead atoms. The Labute approximate surface area is 128 Å². The van der Waals surface area contributed by atoms with Gasteiger partial charge in [0.2, 0.25) is 0 Å². The van der Waals surface area contributed by atoms with Gasteiger partial charge in [0.15, 0.2) is 5.96 Å². The molecule has 0 fully saturated rings. The molecule has 0 radical (unpaired) electrons. The Morgan fingerprint density at radius 2 is 1.55 bits per heavy atom. The van der Waals surface area contributed by atoms with Crippen LogP contribution in [0.1, 0.15) is 0 Å². The van der Waals surface area contributed by atoms with Gasteiger partial charge >= 0.3 is 6.03 Å². The Balaban J connectivity index is 1.55. The molecule has 0 atom stereocenters. The SMILES string of the molecule is O=C(Nc1ccccc1)Nc1ccc(NC2=NCCN2)cc1. The first-order chi connectivity index (χ1) is 10.8. The minimum absolute atomic E-state index is 0.270. The summed E-state index contributed by atoms with van der Waals surface area (Å²) in [6, 6.07) is 16.5. The highest BCUT2D eigenvalue weighted by Crippen LogP contribution is 2.14. The fraction of sp³-hybridized carbons (Fsp3) is 0.125. The zero-order chi connectivity index (χ0) is 15.2. The Kier molecular flexibility index (Phi) is 4.20. The van der Waals surface area contributed by atoms with Gasteiger partial charge < -0.3 is 21.3 Å². The quantitative estimate of drug-likeness (QED) is 0.703. The number of para-hydroxylation sites is 1. The lowest BCUT2D eigenvalue weighted by Gasteiger charge is -2.09. The van der Waals surface area contributed by atoms with Crippen molar-refractivity contribution in [2.24, 2.45) is 4.99 Å². The molecular formula is C16H17N5O. The molecule has 6 heteroatoms. The van der Waals surface area contributed by atoms with Crippen LogP contribution in [0.2, 0.25) is 0 Å². The number of rotatable bonds is 3. The molecule has 0 aromatic heterocycles.